The van der Waals surface area contributed by atoms with Gasteiger partial charge in [-0.3, -0.25) is 9.59 Å². The minimum atomic E-state index is -0.410. The van der Waals surface area contributed by atoms with Crippen LogP contribution in [-0.2, 0) is 9.53 Å². The Kier molecular flexibility index (Phi) is 8.85. The summed E-state index contributed by atoms with van der Waals surface area (Å²) in [6.07, 6.45) is 2.44. The Morgan fingerprint density at radius 1 is 1.02 bits per heavy atom. The van der Waals surface area contributed by atoms with Gasteiger partial charge in [0.1, 0.15) is 18.1 Å². The van der Waals surface area contributed by atoms with Crippen molar-refractivity contribution in [3.63, 3.8) is 0 Å². The number of aromatic nitrogens is 2. The molecule has 210 valence electrons. The van der Waals surface area contributed by atoms with Crippen LogP contribution in [0.4, 0.5) is 10.2 Å². The van der Waals surface area contributed by atoms with Gasteiger partial charge in [0.25, 0.3) is 5.91 Å². The largest absolute Gasteiger partial charge is 0.497 e. The lowest BCUT2D eigenvalue weighted by Crippen LogP contribution is -2.46. The molecule has 2 fully saturated rings. The Balaban J connectivity index is 1.22. The summed E-state index contributed by atoms with van der Waals surface area (Å²) in [5.41, 5.74) is 2.03. The molecular weight excluding hydrogens is 513 g/mol. The molecule has 9 nitrogen and oxygen atoms in total. The number of benzene rings is 2. The number of hydrogen-bond donors (Lipinski definition) is 0. The predicted octanol–water partition coefficient (Wildman–Crippen LogP) is 3.65. The summed E-state index contributed by atoms with van der Waals surface area (Å²) in [6.45, 7) is 3.38. The van der Waals surface area contributed by atoms with Gasteiger partial charge < -0.3 is 24.2 Å². The van der Waals surface area contributed by atoms with E-state index in [0.717, 1.165) is 48.6 Å². The Hall–Kier alpha value is -4.05. The van der Waals surface area contributed by atoms with Crippen molar-refractivity contribution in [3.8, 4) is 17.0 Å². The normalized spacial score (nSPS) is 17.4. The van der Waals surface area contributed by atoms with Crippen LogP contribution in [-0.4, -0.2) is 90.9 Å². The first-order valence-corrected chi connectivity index (χ1v) is 13.7. The standard InChI is InChI=1S/C30H34FN5O4/c1-39-25-6-2-5-23(19-25)27-12-13-28(33-32-27)34-14-4-15-35(17-16-34)29(37)21-36(20-26-7-3-18-40-26)30(38)22-8-10-24(31)11-9-22/h2,5-6,8-13,19,26H,3-4,7,14-18,20-21H2,1H3/t26-/m0/s1. The maximum absolute atomic E-state index is 13.4. The van der Waals surface area contributed by atoms with Crippen LogP contribution in [0.25, 0.3) is 11.3 Å². The Labute approximate surface area is 233 Å². The highest BCUT2D eigenvalue weighted by atomic mass is 19.1. The number of carbonyl (C=O) groups excluding carboxylic acids is 2. The first-order chi connectivity index (χ1) is 19.5. The molecule has 10 heteroatoms. The number of nitrogens with zero attached hydrogens (tertiary/aromatic N) is 5. The van der Waals surface area contributed by atoms with Crippen LogP contribution >= 0.6 is 0 Å². The number of hydrogen-bond acceptors (Lipinski definition) is 7. The fraction of sp³-hybridized carbons (Fsp3) is 0.400. The number of carbonyl (C=O) groups is 2. The van der Waals surface area contributed by atoms with Gasteiger partial charge in [0.15, 0.2) is 5.82 Å². The van der Waals surface area contributed by atoms with E-state index in [9.17, 15) is 14.0 Å². The summed E-state index contributed by atoms with van der Waals surface area (Å²) in [7, 11) is 1.63. The van der Waals surface area contributed by atoms with E-state index in [4.69, 9.17) is 9.47 Å². The lowest BCUT2D eigenvalue weighted by Gasteiger charge is -2.28. The van der Waals surface area contributed by atoms with Gasteiger partial charge in [-0.25, -0.2) is 4.39 Å². The third kappa shape index (κ3) is 6.74. The topological polar surface area (TPSA) is 88.1 Å². The van der Waals surface area contributed by atoms with Crippen molar-refractivity contribution in [1.29, 1.82) is 0 Å². The molecule has 2 aliphatic rings. The van der Waals surface area contributed by atoms with Crippen molar-refractivity contribution < 1.29 is 23.5 Å². The number of ether oxygens (including phenoxy) is 2. The molecule has 0 saturated carbocycles. The molecule has 3 heterocycles. The van der Waals surface area contributed by atoms with Crippen LogP contribution in [0.2, 0.25) is 0 Å². The molecule has 2 aromatic carbocycles. The van der Waals surface area contributed by atoms with Gasteiger partial charge in [0.05, 0.1) is 18.9 Å². The third-order valence-electron chi connectivity index (χ3n) is 7.34. The molecule has 0 aliphatic carbocycles. The van der Waals surface area contributed by atoms with E-state index in [1.807, 2.05) is 36.4 Å². The van der Waals surface area contributed by atoms with Gasteiger partial charge in [-0.15, -0.1) is 10.2 Å². The zero-order valence-corrected chi connectivity index (χ0v) is 22.7. The van der Waals surface area contributed by atoms with E-state index in [2.05, 4.69) is 15.1 Å². The summed E-state index contributed by atoms with van der Waals surface area (Å²) in [4.78, 5) is 32.1. The quantitative estimate of drug-likeness (QED) is 0.425. The monoisotopic (exact) mass is 547 g/mol. The van der Waals surface area contributed by atoms with E-state index in [-0.39, 0.29) is 24.5 Å². The predicted molar refractivity (Wildman–Crippen MR) is 149 cm³/mol. The zero-order valence-electron chi connectivity index (χ0n) is 22.7. The van der Waals surface area contributed by atoms with E-state index < -0.39 is 5.82 Å². The van der Waals surface area contributed by atoms with E-state index in [1.165, 1.54) is 29.2 Å². The second-order valence-corrected chi connectivity index (χ2v) is 10.1. The highest BCUT2D eigenvalue weighted by molar-refractivity contribution is 5.96. The average Bonchev–Trinajstić information content (AvgIpc) is 3.38. The smallest absolute Gasteiger partial charge is 0.254 e. The number of anilines is 1. The highest BCUT2D eigenvalue weighted by Crippen LogP contribution is 2.23. The van der Waals surface area contributed by atoms with E-state index >= 15 is 0 Å². The van der Waals surface area contributed by atoms with Gasteiger partial charge in [0, 0.05) is 50.5 Å². The molecule has 0 radical (unpaired) electrons. The van der Waals surface area contributed by atoms with E-state index in [0.29, 0.717) is 38.3 Å². The van der Waals surface area contributed by atoms with Crippen molar-refractivity contribution in [2.24, 2.45) is 0 Å². The van der Waals surface area contributed by atoms with Gasteiger partial charge in [-0.05, 0) is 67.8 Å². The maximum Gasteiger partial charge on any atom is 0.254 e. The van der Waals surface area contributed by atoms with Crippen LogP contribution in [0.3, 0.4) is 0 Å². The fourth-order valence-electron chi connectivity index (χ4n) is 5.12. The van der Waals surface area contributed by atoms with Gasteiger partial charge in [-0.2, -0.15) is 0 Å². The Morgan fingerprint density at radius 2 is 1.88 bits per heavy atom. The molecule has 3 aromatic rings. The number of amides is 2. The fourth-order valence-corrected chi connectivity index (χ4v) is 5.12. The van der Waals surface area contributed by atoms with Gasteiger partial charge >= 0.3 is 0 Å². The number of halogens is 1. The molecule has 2 aliphatic heterocycles. The second-order valence-electron chi connectivity index (χ2n) is 10.1. The summed E-state index contributed by atoms with van der Waals surface area (Å²) < 4.78 is 24.5. The molecule has 2 saturated heterocycles. The molecular formula is C30H34FN5O4. The Morgan fingerprint density at radius 3 is 2.60 bits per heavy atom. The van der Waals surface area contributed by atoms with Crippen LogP contribution in [0.5, 0.6) is 5.75 Å². The third-order valence-corrected chi connectivity index (χ3v) is 7.34. The molecule has 0 bridgehead atoms. The lowest BCUT2D eigenvalue weighted by atomic mass is 10.1. The minimum Gasteiger partial charge on any atom is -0.497 e. The minimum absolute atomic E-state index is 0.0505. The number of rotatable bonds is 8. The summed E-state index contributed by atoms with van der Waals surface area (Å²) in [5, 5.41) is 8.87. The van der Waals surface area contributed by atoms with Crippen LogP contribution in [0.1, 0.15) is 29.6 Å². The van der Waals surface area contributed by atoms with Gasteiger partial charge in [-0.1, -0.05) is 12.1 Å². The zero-order chi connectivity index (χ0) is 27.9. The Bertz CT molecular complexity index is 1300. The first-order valence-electron chi connectivity index (χ1n) is 13.7. The molecule has 2 amide bonds. The molecule has 5 rings (SSSR count). The molecule has 0 N–H and O–H groups in total. The SMILES string of the molecule is COc1cccc(-c2ccc(N3CCCN(C(=O)CN(C[C@@H]4CCCO4)C(=O)c4ccc(F)cc4)CC3)nn2)c1. The maximum atomic E-state index is 13.4. The molecule has 0 unspecified atom stereocenters. The average molecular weight is 548 g/mol. The van der Waals surface area contributed by atoms with Gasteiger partial charge in [0.2, 0.25) is 5.91 Å². The summed E-state index contributed by atoms with van der Waals surface area (Å²) >= 11 is 0. The molecule has 1 aromatic heterocycles. The highest BCUT2D eigenvalue weighted by Gasteiger charge is 2.28. The van der Waals surface area contributed by atoms with Crippen molar-refractivity contribution in [1.82, 2.24) is 20.0 Å². The van der Waals surface area contributed by atoms with Crippen LogP contribution in [0, 0.1) is 5.82 Å². The molecule has 1 atom stereocenters. The molecule has 40 heavy (non-hydrogen) atoms. The number of methoxy groups -OCH3 is 1. The van der Waals surface area contributed by atoms with Crippen molar-refractivity contribution >= 4 is 17.6 Å². The second kappa shape index (κ2) is 12.9. The summed E-state index contributed by atoms with van der Waals surface area (Å²) in [5.74, 6) is 0.690. The van der Waals surface area contributed by atoms with Crippen LogP contribution in [0.15, 0.2) is 60.7 Å². The van der Waals surface area contributed by atoms with Crippen molar-refractivity contribution in [3.05, 3.63) is 72.0 Å². The first kappa shape index (κ1) is 27.5. The van der Waals surface area contributed by atoms with Crippen molar-refractivity contribution in [2.75, 3.05) is 57.9 Å². The molecule has 0 spiro atoms. The summed E-state index contributed by atoms with van der Waals surface area (Å²) in [6, 6.07) is 17.0. The van der Waals surface area contributed by atoms with Crippen molar-refractivity contribution in [2.45, 2.75) is 25.4 Å². The lowest BCUT2D eigenvalue weighted by molar-refractivity contribution is -0.132. The van der Waals surface area contributed by atoms with Crippen LogP contribution < -0.4 is 9.64 Å². The van der Waals surface area contributed by atoms with E-state index in [1.54, 1.807) is 12.0 Å².